The normalized spacial score (nSPS) is 10.9. The minimum atomic E-state index is -0.308. The van der Waals surface area contributed by atoms with Gasteiger partial charge in [0.1, 0.15) is 4.83 Å². The van der Waals surface area contributed by atoms with Gasteiger partial charge in [0.15, 0.2) is 0 Å². The van der Waals surface area contributed by atoms with E-state index in [1.165, 1.54) is 22.2 Å². The lowest BCUT2D eigenvalue weighted by molar-refractivity contribution is -0.117. The zero-order chi connectivity index (χ0) is 24.2. The molecular weight excluding hydrogens is 472 g/mol. The Morgan fingerprint density at radius 3 is 2.59 bits per heavy atom. The van der Waals surface area contributed by atoms with Crippen LogP contribution in [0.1, 0.15) is 25.3 Å². The molecule has 2 amide bonds. The summed E-state index contributed by atoms with van der Waals surface area (Å²) < 4.78 is 1.45. The number of rotatable bonds is 7. The number of thiophene rings is 1. The van der Waals surface area contributed by atoms with Crippen molar-refractivity contribution in [3.63, 3.8) is 0 Å². The van der Waals surface area contributed by atoms with E-state index in [-0.39, 0.29) is 30.3 Å². The zero-order valence-corrected chi connectivity index (χ0v) is 20.3. The number of nitrogens with one attached hydrogen (secondary N) is 2. The molecule has 0 saturated carbocycles. The molecule has 0 unspecified atom stereocenters. The molecule has 0 aliphatic rings. The van der Waals surface area contributed by atoms with E-state index in [1.54, 1.807) is 25.1 Å². The number of aryl methyl sites for hydroxylation is 2. The number of benzene rings is 2. The van der Waals surface area contributed by atoms with Gasteiger partial charge >= 0.3 is 0 Å². The quantitative estimate of drug-likeness (QED) is 0.356. The second-order valence-electron chi connectivity index (χ2n) is 7.83. The number of fused-ring (bicyclic) bond motifs is 1. The summed E-state index contributed by atoms with van der Waals surface area (Å²) in [5.41, 5.74) is 3.68. The molecule has 34 heavy (non-hydrogen) atoms. The minimum absolute atomic E-state index is 0.0545. The van der Waals surface area contributed by atoms with Crippen LogP contribution in [0.25, 0.3) is 21.3 Å². The minimum Gasteiger partial charge on any atom is -0.326 e. The fourth-order valence-electron chi connectivity index (χ4n) is 3.46. The van der Waals surface area contributed by atoms with Gasteiger partial charge in [-0.3, -0.25) is 19.0 Å². The Morgan fingerprint density at radius 2 is 1.85 bits per heavy atom. The van der Waals surface area contributed by atoms with Crippen LogP contribution in [0.4, 0.5) is 11.4 Å². The van der Waals surface area contributed by atoms with Crippen molar-refractivity contribution in [2.45, 2.75) is 33.2 Å². The second-order valence-corrected chi connectivity index (χ2v) is 9.10. The van der Waals surface area contributed by atoms with Crippen molar-refractivity contribution in [3.8, 4) is 11.1 Å². The van der Waals surface area contributed by atoms with Crippen LogP contribution in [0, 0.1) is 6.92 Å². The van der Waals surface area contributed by atoms with Crippen LogP contribution in [0.15, 0.2) is 59.0 Å². The summed E-state index contributed by atoms with van der Waals surface area (Å²) in [7, 11) is 0. The number of hydrogen-bond donors (Lipinski definition) is 2. The SMILES string of the molecule is CCC(=O)Nc1ccc(Cl)c(NC(=O)CCn2cnc3scc(-c4ccc(C)cc4)c3c2=O)c1. The van der Waals surface area contributed by atoms with Gasteiger partial charge in [-0.15, -0.1) is 11.3 Å². The molecule has 0 bridgehead atoms. The Hall–Kier alpha value is -3.49. The van der Waals surface area contributed by atoms with E-state index in [2.05, 4.69) is 15.6 Å². The van der Waals surface area contributed by atoms with Crippen molar-refractivity contribution in [2.24, 2.45) is 0 Å². The Morgan fingerprint density at radius 1 is 1.09 bits per heavy atom. The maximum atomic E-state index is 13.2. The molecule has 0 aliphatic heterocycles. The average molecular weight is 495 g/mol. The Balaban J connectivity index is 1.50. The number of carbonyl (C=O) groups excluding carboxylic acids is 2. The van der Waals surface area contributed by atoms with Crippen LogP contribution >= 0.6 is 22.9 Å². The number of nitrogens with zero attached hydrogens (tertiary/aromatic N) is 2. The highest BCUT2D eigenvalue weighted by atomic mass is 35.5. The first kappa shape index (κ1) is 23.7. The lowest BCUT2D eigenvalue weighted by Gasteiger charge is -2.11. The smallest absolute Gasteiger partial charge is 0.262 e. The van der Waals surface area contributed by atoms with Crippen LogP contribution in [-0.4, -0.2) is 21.4 Å². The summed E-state index contributed by atoms with van der Waals surface area (Å²) in [5, 5.41) is 8.33. The highest BCUT2D eigenvalue weighted by molar-refractivity contribution is 7.17. The number of anilines is 2. The van der Waals surface area contributed by atoms with Crippen LogP contribution in [0.3, 0.4) is 0 Å². The van der Waals surface area contributed by atoms with Gasteiger partial charge in [-0.05, 0) is 30.7 Å². The van der Waals surface area contributed by atoms with E-state index in [0.717, 1.165) is 16.7 Å². The third kappa shape index (κ3) is 5.18. The topological polar surface area (TPSA) is 93.1 Å². The maximum Gasteiger partial charge on any atom is 0.262 e. The third-order valence-corrected chi connectivity index (χ3v) is 6.56. The molecule has 174 valence electrons. The summed E-state index contributed by atoms with van der Waals surface area (Å²) in [6, 6.07) is 12.9. The summed E-state index contributed by atoms with van der Waals surface area (Å²) in [6.45, 7) is 3.93. The van der Waals surface area contributed by atoms with E-state index in [0.29, 0.717) is 33.0 Å². The van der Waals surface area contributed by atoms with E-state index >= 15 is 0 Å². The Kier molecular flexibility index (Phi) is 7.09. The first-order chi connectivity index (χ1) is 16.4. The fraction of sp³-hybridized carbons (Fsp3) is 0.200. The number of amides is 2. The Labute approximate surface area is 205 Å². The number of carbonyl (C=O) groups is 2. The van der Waals surface area contributed by atoms with Crippen molar-refractivity contribution >= 4 is 56.3 Å². The monoisotopic (exact) mass is 494 g/mol. The molecular formula is C25H23ClN4O3S. The molecule has 2 heterocycles. The molecule has 2 aromatic heterocycles. The molecule has 0 spiro atoms. The van der Waals surface area contributed by atoms with Gasteiger partial charge in [-0.2, -0.15) is 0 Å². The molecule has 0 atom stereocenters. The van der Waals surface area contributed by atoms with Gasteiger partial charge in [0.25, 0.3) is 5.56 Å². The van der Waals surface area contributed by atoms with E-state index < -0.39 is 0 Å². The van der Waals surface area contributed by atoms with Gasteiger partial charge in [-0.25, -0.2) is 4.98 Å². The lowest BCUT2D eigenvalue weighted by Crippen LogP contribution is -2.23. The van der Waals surface area contributed by atoms with Crippen molar-refractivity contribution in [1.82, 2.24) is 9.55 Å². The maximum absolute atomic E-state index is 13.2. The average Bonchev–Trinajstić information content (AvgIpc) is 3.26. The first-order valence-electron chi connectivity index (χ1n) is 10.8. The molecule has 0 radical (unpaired) electrons. The number of hydrogen-bond acceptors (Lipinski definition) is 5. The van der Waals surface area contributed by atoms with E-state index in [1.807, 2.05) is 36.6 Å². The predicted octanol–water partition coefficient (Wildman–Crippen LogP) is 5.46. The highest BCUT2D eigenvalue weighted by Crippen LogP contribution is 2.31. The van der Waals surface area contributed by atoms with Crippen LogP contribution in [0.5, 0.6) is 0 Å². The molecule has 0 aliphatic carbocycles. The number of aromatic nitrogens is 2. The largest absolute Gasteiger partial charge is 0.326 e. The summed E-state index contributed by atoms with van der Waals surface area (Å²) in [4.78, 5) is 42.5. The molecule has 2 aromatic carbocycles. The molecule has 0 fully saturated rings. The summed E-state index contributed by atoms with van der Waals surface area (Å²) in [6.07, 6.45) is 1.87. The number of halogens is 1. The van der Waals surface area contributed by atoms with E-state index in [9.17, 15) is 14.4 Å². The zero-order valence-electron chi connectivity index (χ0n) is 18.7. The van der Waals surface area contributed by atoms with Crippen LogP contribution < -0.4 is 16.2 Å². The fourth-order valence-corrected chi connectivity index (χ4v) is 4.53. The molecule has 4 aromatic rings. The highest BCUT2D eigenvalue weighted by Gasteiger charge is 2.14. The lowest BCUT2D eigenvalue weighted by atomic mass is 10.1. The molecule has 9 heteroatoms. The van der Waals surface area contributed by atoms with Gasteiger partial charge in [-0.1, -0.05) is 48.4 Å². The van der Waals surface area contributed by atoms with Gasteiger partial charge in [0.2, 0.25) is 11.8 Å². The Bertz CT molecular complexity index is 1430. The summed E-state index contributed by atoms with van der Waals surface area (Å²) >= 11 is 7.62. The van der Waals surface area contributed by atoms with Crippen molar-refractivity contribution in [1.29, 1.82) is 0 Å². The van der Waals surface area contributed by atoms with Crippen molar-refractivity contribution in [3.05, 3.63) is 75.1 Å². The molecule has 0 saturated heterocycles. The third-order valence-electron chi connectivity index (χ3n) is 5.35. The molecule has 4 rings (SSSR count). The second kappa shape index (κ2) is 10.2. The van der Waals surface area contributed by atoms with Gasteiger partial charge < -0.3 is 10.6 Å². The van der Waals surface area contributed by atoms with Gasteiger partial charge in [0.05, 0.1) is 22.4 Å². The van der Waals surface area contributed by atoms with Crippen LogP contribution in [-0.2, 0) is 16.1 Å². The van der Waals surface area contributed by atoms with Crippen molar-refractivity contribution in [2.75, 3.05) is 10.6 Å². The van der Waals surface area contributed by atoms with Crippen LogP contribution in [0.2, 0.25) is 5.02 Å². The van der Waals surface area contributed by atoms with E-state index in [4.69, 9.17) is 11.6 Å². The molecule has 2 N–H and O–H groups in total. The standard InChI is InChI=1S/C25H23ClN4O3S/c1-3-21(31)28-17-8-9-19(26)20(12-17)29-22(32)10-11-30-14-27-24-23(25(30)33)18(13-34-24)16-6-4-15(2)5-7-16/h4-9,12-14H,3,10-11H2,1-2H3,(H,28,31)(H,29,32). The summed E-state index contributed by atoms with van der Waals surface area (Å²) in [5.74, 6) is -0.447. The van der Waals surface area contributed by atoms with Gasteiger partial charge in [0, 0.05) is 36.0 Å². The van der Waals surface area contributed by atoms with Crippen molar-refractivity contribution < 1.29 is 9.59 Å². The predicted molar refractivity (Wildman–Crippen MR) is 138 cm³/mol. The first-order valence-corrected chi connectivity index (χ1v) is 12.0. The molecule has 7 nitrogen and oxygen atoms in total.